The Morgan fingerprint density at radius 2 is 2.24 bits per heavy atom. The van der Waals surface area contributed by atoms with Crippen LogP contribution >= 0.6 is 11.8 Å². The third-order valence-corrected chi connectivity index (χ3v) is 5.24. The van der Waals surface area contributed by atoms with Crippen LogP contribution in [0.5, 0.6) is 0 Å². The summed E-state index contributed by atoms with van der Waals surface area (Å²) in [5.74, 6) is 2.69. The van der Waals surface area contributed by atoms with Crippen molar-refractivity contribution in [2.24, 2.45) is 5.41 Å². The molecule has 2 aliphatic heterocycles. The van der Waals surface area contributed by atoms with E-state index in [1.807, 2.05) is 11.8 Å². The van der Waals surface area contributed by atoms with E-state index in [1.54, 1.807) is 0 Å². The van der Waals surface area contributed by atoms with Gasteiger partial charge in [0.15, 0.2) is 0 Å². The molecule has 0 aromatic rings. The first-order valence-electron chi connectivity index (χ1n) is 6.86. The first kappa shape index (κ1) is 13.2. The Morgan fingerprint density at radius 3 is 2.82 bits per heavy atom. The maximum atomic E-state index is 12.5. The molecule has 98 valence electrons. The van der Waals surface area contributed by atoms with Crippen molar-refractivity contribution in [2.45, 2.75) is 45.1 Å². The Labute approximate surface area is 108 Å². The Kier molecular flexibility index (Phi) is 4.74. The van der Waals surface area contributed by atoms with Gasteiger partial charge in [-0.1, -0.05) is 6.92 Å². The number of hydrogen-bond donors (Lipinski definition) is 2. The van der Waals surface area contributed by atoms with Crippen molar-refractivity contribution < 1.29 is 4.79 Å². The number of carbonyl (C=O) groups is 1. The molecule has 2 heterocycles. The molecule has 1 amide bonds. The van der Waals surface area contributed by atoms with Crippen LogP contribution in [0.15, 0.2) is 0 Å². The van der Waals surface area contributed by atoms with Crippen molar-refractivity contribution in [3.63, 3.8) is 0 Å². The zero-order chi connectivity index (χ0) is 12.1. The molecular formula is C13H24N2OS. The van der Waals surface area contributed by atoms with Crippen LogP contribution in [-0.2, 0) is 4.79 Å². The number of thioether (sulfide) groups is 1. The van der Waals surface area contributed by atoms with Crippen molar-refractivity contribution in [1.29, 1.82) is 0 Å². The van der Waals surface area contributed by atoms with E-state index >= 15 is 0 Å². The molecule has 0 bridgehead atoms. The molecule has 2 fully saturated rings. The highest BCUT2D eigenvalue weighted by molar-refractivity contribution is 7.99. The van der Waals surface area contributed by atoms with E-state index in [9.17, 15) is 4.79 Å². The van der Waals surface area contributed by atoms with Crippen molar-refractivity contribution in [3.8, 4) is 0 Å². The fourth-order valence-corrected chi connectivity index (χ4v) is 3.91. The van der Waals surface area contributed by atoms with E-state index in [0.29, 0.717) is 11.9 Å². The van der Waals surface area contributed by atoms with E-state index in [4.69, 9.17) is 0 Å². The molecule has 0 aromatic heterocycles. The predicted molar refractivity (Wildman–Crippen MR) is 73.3 cm³/mol. The van der Waals surface area contributed by atoms with E-state index in [0.717, 1.165) is 45.2 Å². The zero-order valence-electron chi connectivity index (χ0n) is 10.8. The summed E-state index contributed by atoms with van der Waals surface area (Å²) < 4.78 is 0. The number of piperidine rings is 1. The number of nitrogens with one attached hydrogen (secondary N) is 2. The van der Waals surface area contributed by atoms with E-state index in [1.165, 1.54) is 11.5 Å². The van der Waals surface area contributed by atoms with Crippen LogP contribution in [0.4, 0.5) is 0 Å². The first-order chi connectivity index (χ1) is 8.27. The Balaban J connectivity index is 1.91. The van der Waals surface area contributed by atoms with Gasteiger partial charge in [-0.15, -0.1) is 0 Å². The fraction of sp³-hybridized carbons (Fsp3) is 0.923. The molecule has 3 nitrogen and oxygen atoms in total. The van der Waals surface area contributed by atoms with Gasteiger partial charge in [-0.25, -0.2) is 0 Å². The summed E-state index contributed by atoms with van der Waals surface area (Å²) in [5.41, 5.74) is -0.136. The van der Waals surface area contributed by atoms with Crippen molar-refractivity contribution in [1.82, 2.24) is 10.6 Å². The Bertz CT molecular complexity index is 258. The topological polar surface area (TPSA) is 41.1 Å². The van der Waals surface area contributed by atoms with Crippen LogP contribution in [0.3, 0.4) is 0 Å². The van der Waals surface area contributed by atoms with Crippen molar-refractivity contribution in [3.05, 3.63) is 0 Å². The van der Waals surface area contributed by atoms with Crippen LogP contribution in [0.2, 0.25) is 0 Å². The van der Waals surface area contributed by atoms with Gasteiger partial charge in [0.2, 0.25) is 5.91 Å². The summed E-state index contributed by atoms with van der Waals surface area (Å²) >= 11 is 2.00. The van der Waals surface area contributed by atoms with Gasteiger partial charge in [0.25, 0.3) is 0 Å². The summed E-state index contributed by atoms with van der Waals surface area (Å²) in [6.07, 6.45) is 5.41. The Hall–Kier alpha value is -0.220. The lowest BCUT2D eigenvalue weighted by atomic mass is 9.77. The second-order valence-corrected chi connectivity index (χ2v) is 6.50. The molecule has 0 spiro atoms. The lowest BCUT2D eigenvalue weighted by Gasteiger charge is -2.37. The normalized spacial score (nSPS) is 31.1. The van der Waals surface area contributed by atoms with E-state index < -0.39 is 0 Å². The minimum absolute atomic E-state index is 0.136. The molecule has 1 unspecified atom stereocenters. The smallest absolute Gasteiger partial charge is 0.227 e. The Morgan fingerprint density at radius 1 is 1.47 bits per heavy atom. The molecule has 2 N–H and O–H groups in total. The molecule has 0 aliphatic carbocycles. The maximum absolute atomic E-state index is 12.5. The third kappa shape index (κ3) is 3.16. The molecular weight excluding hydrogens is 232 g/mol. The lowest BCUT2D eigenvalue weighted by molar-refractivity contribution is -0.133. The van der Waals surface area contributed by atoms with E-state index in [-0.39, 0.29) is 5.41 Å². The average Bonchev–Trinajstić information content (AvgIpc) is 2.40. The lowest BCUT2D eigenvalue weighted by Crippen LogP contribution is -2.53. The SMILES string of the molecule is CCC1(C(=O)NC2CCSCC2)CCCNC1. The molecule has 0 radical (unpaired) electrons. The molecule has 1 atom stereocenters. The average molecular weight is 256 g/mol. The predicted octanol–water partition coefficient (Wildman–Crippen LogP) is 1.78. The second-order valence-electron chi connectivity index (χ2n) is 5.27. The van der Waals surface area contributed by atoms with Crippen LogP contribution in [0.1, 0.15) is 39.0 Å². The molecule has 2 rings (SSSR count). The van der Waals surface area contributed by atoms with Crippen LogP contribution in [-0.4, -0.2) is 36.5 Å². The highest BCUT2D eigenvalue weighted by Crippen LogP contribution is 2.31. The molecule has 4 heteroatoms. The van der Waals surface area contributed by atoms with Crippen molar-refractivity contribution in [2.75, 3.05) is 24.6 Å². The summed E-state index contributed by atoms with van der Waals surface area (Å²) in [5, 5.41) is 6.67. The zero-order valence-corrected chi connectivity index (χ0v) is 11.6. The van der Waals surface area contributed by atoms with Gasteiger partial charge in [-0.2, -0.15) is 11.8 Å². The molecule has 2 aliphatic rings. The number of amides is 1. The number of rotatable bonds is 3. The second kappa shape index (κ2) is 6.10. The highest BCUT2D eigenvalue weighted by Gasteiger charge is 2.38. The summed E-state index contributed by atoms with van der Waals surface area (Å²) in [4.78, 5) is 12.5. The van der Waals surface area contributed by atoms with Crippen LogP contribution in [0, 0.1) is 5.41 Å². The molecule has 17 heavy (non-hydrogen) atoms. The van der Waals surface area contributed by atoms with Gasteiger partial charge in [-0.3, -0.25) is 4.79 Å². The summed E-state index contributed by atoms with van der Waals surface area (Å²) in [6, 6.07) is 0.425. The van der Waals surface area contributed by atoms with Crippen molar-refractivity contribution >= 4 is 17.7 Å². The van der Waals surface area contributed by atoms with Gasteiger partial charge in [0.05, 0.1) is 5.41 Å². The minimum atomic E-state index is -0.136. The van der Waals surface area contributed by atoms with E-state index in [2.05, 4.69) is 17.6 Å². The standard InChI is InChI=1S/C13H24N2OS/c1-2-13(6-3-7-14-10-13)12(16)15-11-4-8-17-9-5-11/h11,14H,2-10H2,1H3,(H,15,16). The monoisotopic (exact) mass is 256 g/mol. The fourth-order valence-electron chi connectivity index (χ4n) is 2.80. The minimum Gasteiger partial charge on any atom is -0.353 e. The third-order valence-electron chi connectivity index (χ3n) is 4.19. The molecule has 0 aromatic carbocycles. The summed E-state index contributed by atoms with van der Waals surface area (Å²) in [7, 11) is 0. The maximum Gasteiger partial charge on any atom is 0.227 e. The first-order valence-corrected chi connectivity index (χ1v) is 8.02. The highest BCUT2D eigenvalue weighted by atomic mass is 32.2. The van der Waals surface area contributed by atoms with Crippen LogP contribution in [0.25, 0.3) is 0 Å². The van der Waals surface area contributed by atoms with Gasteiger partial charge >= 0.3 is 0 Å². The van der Waals surface area contributed by atoms with Gasteiger partial charge in [0.1, 0.15) is 0 Å². The molecule has 0 saturated carbocycles. The number of hydrogen-bond acceptors (Lipinski definition) is 3. The quantitative estimate of drug-likeness (QED) is 0.809. The van der Waals surface area contributed by atoms with Gasteiger partial charge in [-0.05, 0) is 50.2 Å². The number of carbonyl (C=O) groups excluding carboxylic acids is 1. The molecule has 2 saturated heterocycles. The van der Waals surface area contributed by atoms with Crippen LogP contribution < -0.4 is 10.6 Å². The summed E-state index contributed by atoms with van der Waals surface area (Å²) in [6.45, 7) is 4.06. The van der Waals surface area contributed by atoms with Gasteiger partial charge in [0, 0.05) is 12.6 Å². The largest absolute Gasteiger partial charge is 0.353 e. The van der Waals surface area contributed by atoms with Gasteiger partial charge < -0.3 is 10.6 Å².